The molecule has 0 aliphatic carbocycles. The number of hydrogen-bond donors (Lipinski definition) is 1. The lowest BCUT2D eigenvalue weighted by Crippen LogP contribution is -1.92. The van der Waals surface area contributed by atoms with Gasteiger partial charge < -0.3 is 10.5 Å². The number of nitrogen functional groups attached to an aromatic ring is 1. The Kier molecular flexibility index (Phi) is 3.29. The molecule has 2 N–H and O–H groups in total. The fourth-order valence-corrected chi connectivity index (χ4v) is 1.86. The molecule has 0 bridgehead atoms. The van der Waals surface area contributed by atoms with Gasteiger partial charge in [-0.15, -0.1) is 0 Å². The number of rotatable bonds is 3. The number of benzene rings is 1. The summed E-state index contributed by atoms with van der Waals surface area (Å²) in [7, 11) is 0. The van der Waals surface area contributed by atoms with Crippen LogP contribution in [0.25, 0.3) is 11.1 Å². The van der Waals surface area contributed by atoms with Crippen molar-refractivity contribution in [2.75, 3.05) is 5.73 Å². The first-order chi connectivity index (χ1) is 9.83. The maximum absolute atomic E-state index is 5.82. The van der Waals surface area contributed by atoms with Gasteiger partial charge in [0.05, 0.1) is 0 Å². The average Bonchev–Trinajstić information content (AvgIpc) is 2.51. The third-order valence-electron chi connectivity index (χ3n) is 2.84. The van der Waals surface area contributed by atoms with Crippen LogP contribution in [0.1, 0.15) is 0 Å². The molecule has 0 spiro atoms. The normalized spacial score (nSPS) is 10.2. The number of nitrogens with zero attached hydrogens (tertiary/aromatic N) is 2. The summed E-state index contributed by atoms with van der Waals surface area (Å²) in [6.45, 7) is 0. The summed E-state index contributed by atoms with van der Waals surface area (Å²) in [4.78, 5) is 8.41. The Morgan fingerprint density at radius 1 is 0.900 bits per heavy atom. The molecule has 0 aliphatic heterocycles. The molecule has 0 saturated heterocycles. The van der Waals surface area contributed by atoms with Crippen molar-refractivity contribution in [2.24, 2.45) is 0 Å². The molecule has 0 fully saturated rings. The highest BCUT2D eigenvalue weighted by Gasteiger charge is 2.08. The van der Waals surface area contributed by atoms with E-state index in [4.69, 9.17) is 10.5 Å². The second-order valence-corrected chi connectivity index (χ2v) is 4.27. The second-order valence-electron chi connectivity index (χ2n) is 4.27. The quantitative estimate of drug-likeness (QED) is 0.734. The molecule has 0 radical (unpaired) electrons. The van der Waals surface area contributed by atoms with Crippen LogP contribution in [-0.4, -0.2) is 9.97 Å². The fourth-order valence-electron chi connectivity index (χ4n) is 1.86. The number of pyridine rings is 2. The van der Waals surface area contributed by atoms with Crippen LogP contribution in [0, 0.1) is 0 Å². The Morgan fingerprint density at radius 2 is 1.70 bits per heavy atom. The van der Waals surface area contributed by atoms with Crippen molar-refractivity contribution in [3.05, 3.63) is 67.1 Å². The zero-order chi connectivity index (χ0) is 13.8. The SMILES string of the molecule is Nc1ccc(Oc2ncccc2-c2cccnc2)cc1. The summed E-state index contributed by atoms with van der Waals surface area (Å²) in [5, 5.41) is 0. The number of ether oxygens (including phenoxy) is 1. The van der Waals surface area contributed by atoms with Crippen LogP contribution < -0.4 is 10.5 Å². The van der Waals surface area contributed by atoms with Gasteiger partial charge in [-0.2, -0.15) is 0 Å². The molecular formula is C16H13N3O. The van der Waals surface area contributed by atoms with Crippen molar-refractivity contribution < 1.29 is 4.74 Å². The largest absolute Gasteiger partial charge is 0.438 e. The first kappa shape index (κ1) is 12.2. The van der Waals surface area contributed by atoms with Gasteiger partial charge in [0, 0.05) is 35.4 Å². The highest BCUT2D eigenvalue weighted by Crippen LogP contribution is 2.30. The van der Waals surface area contributed by atoms with E-state index in [1.54, 1.807) is 30.7 Å². The number of nitrogens with two attached hydrogens (primary N) is 1. The van der Waals surface area contributed by atoms with E-state index in [0.29, 0.717) is 17.3 Å². The predicted molar refractivity (Wildman–Crippen MR) is 78.4 cm³/mol. The van der Waals surface area contributed by atoms with E-state index in [2.05, 4.69) is 9.97 Å². The van der Waals surface area contributed by atoms with Gasteiger partial charge in [-0.25, -0.2) is 4.98 Å². The Hall–Kier alpha value is -2.88. The van der Waals surface area contributed by atoms with E-state index in [0.717, 1.165) is 11.1 Å². The van der Waals surface area contributed by atoms with Gasteiger partial charge in [0.15, 0.2) is 0 Å². The lowest BCUT2D eigenvalue weighted by atomic mass is 10.1. The zero-order valence-electron chi connectivity index (χ0n) is 10.7. The third-order valence-corrected chi connectivity index (χ3v) is 2.84. The van der Waals surface area contributed by atoms with Gasteiger partial charge >= 0.3 is 0 Å². The topological polar surface area (TPSA) is 61.0 Å². The maximum atomic E-state index is 5.82. The minimum Gasteiger partial charge on any atom is -0.438 e. The van der Waals surface area contributed by atoms with E-state index in [-0.39, 0.29) is 0 Å². The molecule has 3 aromatic rings. The molecule has 98 valence electrons. The molecule has 0 unspecified atom stereocenters. The number of hydrogen-bond acceptors (Lipinski definition) is 4. The molecule has 2 heterocycles. The Morgan fingerprint density at radius 3 is 2.45 bits per heavy atom. The van der Waals surface area contributed by atoms with Crippen molar-refractivity contribution in [1.29, 1.82) is 0 Å². The molecule has 2 aromatic heterocycles. The van der Waals surface area contributed by atoms with Crippen molar-refractivity contribution in [3.8, 4) is 22.8 Å². The van der Waals surface area contributed by atoms with Gasteiger partial charge in [0.2, 0.25) is 5.88 Å². The summed E-state index contributed by atoms with van der Waals surface area (Å²) in [5.41, 5.74) is 8.23. The van der Waals surface area contributed by atoms with Crippen LogP contribution in [-0.2, 0) is 0 Å². The monoisotopic (exact) mass is 263 g/mol. The van der Waals surface area contributed by atoms with Crippen molar-refractivity contribution in [3.63, 3.8) is 0 Å². The zero-order valence-corrected chi connectivity index (χ0v) is 10.7. The van der Waals surface area contributed by atoms with Crippen LogP contribution in [0.2, 0.25) is 0 Å². The number of aromatic nitrogens is 2. The van der Waals surface area contributed by atoms with Crippen molar-refractivity contribution in [1.82, 2.24) is 9.97 Å². The highest BCUT2D eigenvalue weighted by molar-refractivity contribution is 5.67. The van der Waals surface area contributed by atoms with Crippen molar-refractivity contribution >= 4 is 5.69 Å². The van der Waals surface area contributed by atoms with E-state index in [1.807, 2.05) is 36.4 Å². The van der Waals surface area contributed by atoms with Crippen LogP contribution in [0.15, 0.2) is 67.1 Å². The van der Waals surface area contributed by atoms with Crippen LogP contribution in [0.3, 0.4) is 0 Å². The first-order valence-corrected chi connectivity index (χ1v) is 6.22. The molecule has 0 aliphatic rings. The molecule has 1 aromatic carbocycles. The van der Waals surface area contributed by atoms with Gasteiger partial charge in [0.25, 0.3) is 0 Å². The molecule has 0 amide bonds. The lowest BCUT2D eigenvalue weighted by molar-refractivity contribution is 0.465. The number of anilines is 1. The van der Waals surface area contributed by atoms with Crippen LogP contribution in [0.5, 0.6) is 11.6 Å². The Bertz CT molecular complexity index is 696. The summed E-state index contributed by atoms with van der Waals surface area (Å²) in [6, 6.07) is 14.9. The van der Waals surface area contributed by atoms with Gasteiger partial charge in [-0.05, 0) is 42.5 Å². The molecular weight excluding hydrogens is 250 g/mol. The van der Waals surface area contributed by atoms with Gasteiger partial charge in [-0.1, -0.05) is 6.07 Å². The Balaban J connectivity index is 1.96. The fraction of sp³-hybridized carbons (Fsp3) is 0. The summed E-state index contributed by atoms with van der Waals surface area (Å²) in [6.07, 6.45) is 5.22. The van der Waals surface area contributed by atoms with Gasteiger partial charge in [-0.3, -0.25) is 4.98 Å². The predicted octanol–water partition coefficient (Wildman–Crippen LogP) is 3.52. The minimum atomic E-state index is 0.547. The molecule has 4 heteroatoms. The smallest absolute Gasteiger partial charge is 0.227 e. The summed E-state index contributed by atoms with van der Waals surface area (Å²) in [5.74, 6) is 1.24. The second kappa shape index (κ2) is 5.40. The summed E-state index contributed by atoms with van der Waals surface area (Å²) < 4.78 is 5.82. The van der Waals surface area contributed by atoms with Crippen LogP contribution in [0.4, 0.5) is 5.69 Å². The highest BCUT2D eigenvalue weighted by atomic mass is 16.5. The van der Waals surface area contributed by atoms with Crippen LogP contribution >= 0.6 is 0 Å². The van der Waals surface area contributed by atoms with Crippen molar-refractivity contribution in [2.45, 2.75) is 0 Å². The van der Waals surface area contributed by atoms with E-state index in [1.165, 1.54) is 0 Å². The summed E-state index contributed by atoms with van der Waals surface area (Å²) >= 11 is 0. The van der Waals surface area contributed by atoms with E-state index >= 15 is 0 Å². The first-order valence-electron chi connectivity index (χ1n) is 6.22. The molecule has 20 heavy (non-hydrogen) atoms. The molecule has 0 atom stereocenters. The molecule has 4 nitrogen and oxygen atoms in total. The van der Waals surface area contributed by atoms with E-state index < -0.39 is 0 Å². The van der Waals surface area contributed by atoms with E-state index in [9.17, 15) is 0 Å². The maximum Gasteiger partial charge on any atom is 0.227 e. The average molecular weight is 263 g/mol. The Labute approximate surface area is 116 Å². The van der Waals surface area contributed by atoms with Gasteiger partial charge in [0.1, 0.15) is 5.75 Å². The lowest BCUT2D eigenvalue weighted by Gasteiger charge is -2.09. The standard InChI is InChI=1S/C16H13N3O/c17-13-5-7-14(8-6-13)20-16-15(4-2-10-19-16)12-3-1-9-18-11-12/h1-11H,17H2. The molecule has 0 saturated carbocycles. The third kappa shape index (κ3) is 2.59. The molecule has 3 rings (SSSR count). The minimum absolute atomic E-state index is 0.547.